The molecule has 0 bridgehead atoms. The van der Waals surface area contributed by atoms with Crippen molar-refractivity contribution in [1.82, 2.24) is 4.98 Å². The Morgan fingerprint density at radius 1 is 1.12 bits per heavy atom. The maximum atomic E-state index is 13.2. The van der Waals surface area contributed by atoms with Crippen LogP contribution in [0, 0.1) is 11.6 Å². The normalized spacial score (nSPS) is 12.6. The van der Waals surface area contributed by atoms with Crippen LogP contribution in [0.15, 0.2) is 58.9 Å². The molecule has 5 nitrogen and oxygen atoms in total. The molecule has 0 saturated heterocycles. The van der Waals surface area contributed by atoms with Crippen molar-refractivity contribution in [3.63, 3.8) is 0 Å². The van der Waals surface area contributed by atoms with Crippen molar-refractivity contribution in [3.05, 3.63) is 70.6 Å². The highest BCUT2D eigenvalue weighted by Gasteiger charge is 2.16. The monoisotopic (exact) mass is 395 g/mol. The van der Waals surface area contributed by atoms with Crippen molar-refractivity contribution >= 4 is 32.9 Å². The van der Waals surface area contributed by atoms with Crippen LogP contribution in [0.1, 0.15) is 17.8 Å². The molecule has 0 aliphatic carbocycles. The summed E-state index contributed by atoms with van der Waals surface area (Å²) >= 11 is 1.60. The molecule has 0 aliphatic heterocycles. The Kier molecular flexibility index (Phi) is 5.19. The summed E-state index contributed by atoms with van der Waals surface area (Å²) in [5, 5.41) is 5.14. The SMILES string of the molecule is CC(Nc1ccc(S(=O)(=O)Nc2cc(F)cc(F)c2)cn1)c1cccs1. The van der Waals surface area contributed by atoms with Crippen LogP contribution in [0.3, 0.4) is 0 Å². The third-order valence-corrected chi connectivity index (χ3v) is 5.92. The summed E-state index contributed by atoms with van der Waals surface area (Å²) in [7, 11) is -4.01. The maximum absolute atomic E-state index is 13.2. The van der Waals surface area contributed by atoms with Gasteiger partial charge >= 0.3 is 0 Å². The zero-order valence-corrected chi connectivity index (χ0v) is 15.2. The van der Waals surface area contributed by atoms with E-state index in [0.29, 0.717) is 11.9 Å². The van der Waals surface area contributed by atoms with E-state index >= 15 is 0 Å². The molecule has 0 spiro atoms. The minimum atomic E-state index is -4.01. The Labute approximate surface area is 153 Å². The van der Waals surface area contributed by atoms with E-state index in [0.717, 1.165) is 17.0 Å². The highest BCUT2D eigenvalue weighted by Crippen LogP contribution is 2.23. The van der Waals surface area contributed by atoms with Crippen LogP contribution in [0.4, 0.5) is 20.3 Å². The lowest BCUT2D eigenvalue weighted by Gasteiger charge is -2.13. The second-order valence-corrected chi connectivity index (χ2v) is 8.19. The van der Waals surface area contributed by atoms with Gasteiger partial charge in [0, 0.05) is 17.1 Å². The van der Waals surface area contributed by atoms with Gasteiger partial charge in [-0.1, -0.05) is 6.07 Å². The average molecular weight is 395 g/mol. The number of thiophene rings is 1. The molecule has 3 aromatic rings. The molecule has 1 unspecified atom stereocenters. The number of benzene rings is 1. The van der Waals surface area contributed by atoms with Crippen molar-refractivity contribution in [2.75, 3.05) is 10.0 Å². The van der Waals surface area contributed by atoms with Gasteiger partial charge < -0.3 is 5.32 Å². The van der Waals surface area contributed by atoms with E-state index in [4.69, 9.17) is 0 Å². The van der Waals surface area contributed by atoms with Gasteiger partial charge in [-0.2, -0.15) is 0 Å². The highest BCUT2D eigenvalue weighted by atomic mass is 32.2. The fourth-order valence-electron chi connectivity index (χ4n) is 2.28. The zero-order chi connectivity index (χ0) is 18.7. The number of aromatic nitrogens is 1. The molecular formula is C17H15F2N3O2S2. The largest absolute Gasteiger partial charge is 0.363 e. The first-order valence-corrected chi connectivity index (χ1v) is 9.95. The van der Waals surface area contributed by atoms with Crippen LogP contribution >= 0.6 is 11.3 Å². The van der Waals surface area contributed by atoms with E-state index in [9.17, 15) is 17.2 Å². The van der Waals surface area contributed by atoms with Crippen LogP contribution in [0.5, 0.6) is 0 Å². The number of nitrogens with zero attached hydrogens (tertiary/aromatic N) is 1. The molecule has 0 saturated carbocycles. The molecule has 26 heavy (non-hydrogen) atoms. The Morgan fingerprint density at radius 3 is 2.42 bits per heavy atom. The first kappa shape index (κ1) is 18.3. The molecular weight excluding hydrogens is 380 g/mol. The maximum Gasteiger partial charge on any atom is 0.263 e. The smallest absolute Gasteiger partial charge is 0.263 e. The number of nitrogens with one attached hydrogen (secondary N) is 2. The summed E-state index contributed by atoms with van der Waals surface area (Å²) in [5.74, 6) is -1.23. The Bertz CT molecular complexity index is 971. The minimum absolute atomic E-state index is 0.0263. The van der Waals surface area contributed by atoms with Crippen LogP contribution in [0.25, 0.3) is 0 Å². The summed E-state index contributed by atoms with van der Waals surface area (Å²) in [5.41, 5.74) is -0.198. The van der Waals surface area contributed by atoms with Crippen molar-refractivity contribution in [2.24, 2.45) is 0 Å². The van der Waals surface area contributed by atoms with Crippen LogP contribution < -0.4 is 10.0 Å². The van der Waals surface area contributed by atoms with Gasteiger partial charge in [0.05, 0.1) is 11.7 Å². The summed E-state index contributed by atoms with van der Waals surface area (Å²) in [6, 6.07) is 9.32. The molecule has 0 amide bonds. The summed E-state index contributed by atoms with van der Waals surface area (Å²) < 4.78 is 53.2. The number of anilines is 2. The third kappa shape index (κ3) is 4.36. The Hall–Kier alpha value is -2.52. The number of pyridine rings is 1. The minimum Gasteiger partial charge on any atom is -0.363 e. The van der Waals surface area contributed by atoms with E-state index in [1.807, 2.05) is 24.4 Å². The lowest BCUT2D eigenvalue weighted by molar-refractivity contribution is 0.584. The number of hydrogen-bond donors (Lipinski definition) is 2. The molecule has 2 heterocycles. The highest BCUT2D eigenvalue weighted by molar-refractivity contribution is 7.92. The molecule has 2 aromatic heterocycles. The fourth-order valence-corrected chi connectivity index (χ4v) is 4.00. The standard InChI is InChI=1S/C17H15F2N3O2S2/c1-11(16-3-2-6-25-16)21-17-5-4-15(10-20-17)26(23,24)22-14-8-12(18)7-13(19)9-14/h2-11,22H,1H3,(H,20,21). The van der Waals surface area contributed by atoms with E-state index in [2.05, 4.69) is 15.0 Å². The predicted molar refractivity (Wildman–Crippen MR) is 97.8 cm³/mol. The summed E-state index contributed by atoms with van der Waals surface area (Å²) in [4.78, 5) is 5.11. The van der Waals surface area contributed by atoms with Crippen molar-refractivity contribution in [3.8, 4) is 0 Å². The summed E-state index contributed by atoms with van der Waals surface area (Å²) in [6.07, 6.45) is 1.18. The molecule has 0 aliphatic rings. The van der Waals surface area contributed by atoms with Crippen LogP contribution in [-0.2, 0) is 10.0 Å². The number of rotatable bonds is 6. The second kappa shape index (κ2) is 7.38. The molecule has 0 fully saturated rings. The second-order valence-electron chi connectivity index (χ2n) is 5.52. The third-order valence-electron chi connectivity index (χ3n) is 3.50. The van der Waals surface area contributed by atoms with Crippen molar-refractivity contribution in [2.45, 2.75) is 17.9 Å². The average Bonchev–Trinajstić information content (AvgIpc) is 3.08. The fraction of sp³-hybridized carbons (Fsp3) is 0.118. The molecule has 1 atom stereocenters. The van der Waals surface area contributed by atoms with E-state index in [1.165, 1.54) is 18.3 Å². The lowest BCUT2D eigenvalue weighted by atomic mass is 10.3. The van der Waals surface area contributed by atoms with Gasteiger partial charge in [0.25, 0.3) is 10.0 Å². The molecule has 0 radical (unpaired) electrons. The van der Waals surface area contributed by atoms with Gasteiger partial charge in [0.15, 0.2) is 0 Å². The zero-order valence-electron chi connectivity index (χ0n) is 13.6. The van der Waals surface area contributed by atoms with Gasteiger partial charge in [-0.25, -0.2) is 22.2 Å². The van der Waals surface area contributed by atoms with Crippen molar-refractivity contribution < 1.29 is 17.2 Å². The first-order valence-electron chi connectivity index (χ1n) is 7.58. The van der Waals surface area contributed by atoms with Gasteiger partial charge in [0.2, 0.25) is 0 Å². The van der Waals surface area contributed by atoms with E-state index in [-0.39, 0.29) is 16.6 Å². The first-order chi connectivity index (χ1) is 12.3. The van der Waals surface area contributed by atoms with E-state index in [1.54, 1.807) is 11.3 Å². The number of hydrogen-bond acceptors (Lipinski definition) is 5. The van der Waals surface area contributed by atoms with Gasteiger partial charge in [0.1, 0.15) is 22.3 Å². The van der Waals surface area contributed by atoms with Crippen LogP contribution in [0.2, 0.25) is 0 Å². The number of sulfonamides is 1. The van der Waals surface area contributed by atoms with Crippen LogP contribution in [-0.4, -0.2) is 13.4 Å². The molecule has 1 aromatic carbocycles. The molecule has 3 rings (SSSR count). The molecule has 2 N–H and O–H groups in total. The predicted octanol–water partition coefficient (Wildman–Crippen LogP) is 4.40. The van der Waals surface area contributed by atoms with Crippen molar-refractivity contribution in [1.29, 1.82) is 0 Å². The lowest BCUT2D eigenvalue weighted by Crippen LogP contribution is -2.14. The van der Waals surface area contributed by atoms with Gasteiger partial charge in [-0.3, -0.25) is 4.72 Å². The molecule has 9 heteroatoms. The Morgan fingerprint density at radius 2 is 1.85 bits per heavy atom. The van der Waals surface area contributed by atoms with Gasteiger partial charge in [-0.15, -0.1) is 11.3 Å². The topological polar surface area (TPSA) is 71.1 Å². The quantitative estimate of drug-likeness (QED) is 0.649. The number of halogens is 2. The van der Waals surface area contributed by atoms with Gasteiger partial charge in [-0.05, 0) is 42.6 Å². The molecule has 136 valence electrons. The Balaban J connectivity index is 1.74. The van der Waals surface area contributed by atoms with E-state index < -0.39 is 21.7 Å². The summed E-state index contributed by atoms with van der Waals surface area (Å²) in [6.45, 7) is 1.97.